The number of hydrogen-bond donors (Lipinski definition) is 1. The highest BCUT2D eigenvalue weighted by atomic mass is 16.5. The summed E-state index contributed by atoms with van der Waals surface area (Å²) in [6.07, 6.45) is -0.427. The van der Waals surface area contributed by atoms with Crippen molar-refractivity contribution in [3.8, 4) is 0 Å². The zero-order chi connectivity index (χ0) is 14.4. The Kier molecular flexibility index (Phi) is 5.52. The van der Waals surface area contributed by atoms with Gasteiger partial charge in [-0.25, -0.2) is 0 Å². The van der Waals surface area contributed by atoms with Crippen LogP contribution >= 0.6 is 0 Å². The second-order valence-electron chi connectivity index (χ2n) is 5.09. The van der Waals surface area contributed by atoms with Crippen LogP contribution in [-0.4, -0.2) is 66.8 Å². The maximum Gasteiger partial charge on any atom is 0.253 e. The van der Waals surface area contributed by atoms with Gasteiger partial charge in [-0.05, 0) is 12.6 Å². The molecule has 1 aliphatic rings. The highest BCUT2D eigenvalue weighted by Crippen LogP contribution is 2.10. The average molecular weight is 278 g/mol. The van der Waals surface area contributed by atoms with Crippen molar-refractivity contribution in [2.75, 3.05) is 39.9 Å². The first-order valence-electron chi connectivity index (χ1n) is 6.94. The quantitative estimate of drug-likeness (QED) is 0.844. The third-order valence-corrected chi connectivity index (χ3v) is 3.44. The fraction of sp³-hybridized carbons (Fsp3) is 0.533. The zero-order valence-corrected chi connectivity index (χ0v) is 11.9. The van der Waals surface area contributed by atoms with Crippen molar-refractivity contribution in [2.24, 2.45) is 0 Å². The first-order valence-corrected chi connectivity index (χ1v) is 6.94. The summed E-state index contributed by atoms with van der Waals surface area (Å²) in [6.45, 7) is 2.82. The van der Waals surface area contributed by atoms with E-state index in [1.54, 1.807) is 4.90 Å². The van der Waals surface area contributed by atoms with Gasteiger partial charge in [-0.2, -0.15) is 0 Å². The van der Waals surface area contributed by atoms with Gasteiger partial charge in [0.15, 0.2) is 0 Å². The fourth-order valence-corrected chi connectivity index (χ4v) is 2.32. The summed E-state index contributed by atoms with van der Waals surface area (Å²) in [4.78, 5) is 16.3. The first kappa shape index (κ1) is 15.0. The Morgan fingerprint density at radius 1 is 1.45 bits per heavy atom. The number of morpholine rings is 1. The van der Waals surface area contributed by atoms with E-state index in [9.17, 15) is 4.79 Å². The second-order valence-corrected chi connectivity index (χ2v) is 5.09. The molecule has 2 rings (SSSR count). The standard InChI is InChI=1S/C15H22N2O3/c1-16-8-10-20-14(12-16)15(19)17(7-9-18)11-13-5-3-2-4-6-13/h2-6,14,18H,7-12H2,1H3. The molecule has 20 heavy (non-hydrogen) atoms. The van der Waals surface area contributed by atoms with Crippen molar-refractivity contribution >= 4 is 5.91 Å². The minimum absolute atomic E-state index is 0.0405. The molecule has 5 nitrogen and oxygen atoms in total. The largest absolute Gasteiger partial charge is 0.395 e. The lowest BCUT2D eigenvalue weighted by Gasteiger charge is -2.33. The average Bonchev–Trinajstić information content (AvgIpc) is 2.47. The fourth-order valence-electron chi connectivity index (χ4n) is 2.32. The molecule has 1 heterocycles. The maximum atomic E-state index is 12.5. The van der Waals surface area contributed by atoms with Gasteiger partial charge in [0.1, 0.15) is 6.10 Å². The predicted molar refractivity (Wildman–Crippen MR) is 76.2 cm³/mol. The van der Waals surface area contributed by atoms with Crippen molar-refractivity contribution in [3.63, 3.8) is 0 Å². The van der Waals surface area contributed by atoms with Crippen molar-refractivity contribution in [1.29, 1.82) is 0 Å². The van der Waals surface area contributed by atoms with Gasteiger partial charge in [-0.15, -0.1) is 0 Å². The molecule has 110 valence electrons. The van der Waals surface area contributed by atoms with E-state index < -0.39 is 6.10 Å². The van der Waals surface area contributed by atoms with Crippen molar-refractivity contribution in [2.45, 2.75) is 12.6 Å². The molecule has 0 spiro atoms. The van der Waals surface area contributed by atoms with Crippen LogP contribution in [0, 0.1) is 0 Å². The Bertz CT molecular complexity index is 424. The number of nitrogens with zero attached hydrogens (tertiary/aromatic N) is 2. The summed E-state index contributed by atoms with van der Waals surface area (Å²) < 4.78 is 5.56. The Labute approximate surface area is 119 Å². The Morgan fingerprint density at radius 2 is 2.20 bits per heavy atom. The van der Waals surface area contributed by atoms with Gasteiger partial charge >= 0.3 is 0 Å². The molecular weight excluding hydrogens is 256 g/mol. The Morgan fingerprint density at radius 3 is 2.85 bits per heavy atom. The number of carbonyl (C=O) groups is 1. The number of aliphatic hydroxyl groups is 1. The van der Waals surface area contributed by atoms with Crippen LogP contribution in [0.25, 0.3) is 0 Å². The molecule has 1 unspecified atom stereocenters. The molecular formula is C15H22N2O3. The minimum Gasteiger partial charge on any atom is -0.395 e. The summed E-state index contributed by atoms with van der Waals surface area (Å²) in [5.41, 5.74) is 1.05. The lowest BCUT2D eigenvalue weighted by Crippen LogP contribution is -2.50. The van der Waals surface area contributed by atoms with E-state index in [2.05, 4.69) is 4.90 Å². The molecule has 1 aromatic carbocycles. The summed E-state index contributed by atoms with van der Waals surface area (Å²) in [7, 11) is 1.98. The lowest BCUT2D eigenvalue weighted by atomic mass is 10.2. The SMILES string of the molecule is CN1CCOC(C(=O)N(CCO)Cc2ccccc2)C1. The highest BCUT2D eigenvalue weighted by molar-refractivity contribution is 5.81. The number of hydrogen-bond acceptors (Lipinski definition) is 4. The van der Waals surface area contributed by atoms with Gasteiger partial charge in [-0.1, -0.05) is 30.3 Å². The molecule has 1 atom stereocenters. The molecule has 1 N–H and O–H groups in total. The van der Waals surface area contributed by atoms with Crippen LogP contribution in [-0.2, 0) is 16.1 Å². The number of likely N-dealkylation sites (N-methyl/N-ethyl adjacent to an activating group) is 1. The number of rotatable bonds is 5. The molecule has 5 heteroatoms. The molecule has 1 fully saturated rings. The van der Waals surface area contributed by atoms with Gasteiger partial charge in [-0.3, -0.25) is 4.79 Å². The van der Waals surface area contributed by atoms with Crippen LogP contribution in [0.2, 0.25) is 0 Å². The lowest BCUT2D eigenvalue weighted by molar-refractivity contribution is -0.150. The van der Waals surface area contributed by atoms with Crippen molar-refractivity contribution in [1.82, 2.24) is 9.80 Å². The zero-order valence-electron chi connectivity index (χ0n) is 11.9. The van der Waals surface area contributed by atoms with Gasteiger partial charge in [0.25, 0.3) is 5.91 Å². The molecule has 1 amide bonds. The van der Waals surface area contributed by atoms with E-state index in [1.807, 2.05) is 37.4 Å². The van der Waals surface area contributed by atoms with Gasteiger partial charge in [0.2, 0.25) is 0 Å². The van der Waals surface area contributed by atoms with E-state index in [-0.39, 0.29) is 12.5 Å². The van der Waals surface area contributed by atoms with Crippen LogP contribution in [0.4, 0.5) is 0 Å². The van der Waals surface area contributed by atoms with E-state index in [4.69, 9.17) is 9.84 Å². The topological polar surface area (TPSA) is 53.0 Å². The summed E-state index contributed by atoms with van der Waals surface area (Å²) in [5.74, 6) is -0.0468. The maximum absolute atomic E-state index is 12.5. The molecule has 1 saturated heterocycles. The first-order chi connectivity index (χ1) is 9.70. The number of ether oxygens (including phenoxy) is 1. The number of benzene rings is 1. The molecule has 0 aromatic heterocycles. The molecule has 0 aliphatic carbocycles. The monoisotopic (exact) mass is 278 g/mol. The van der Waals surface area contributed by atoms with Crippen LogP contribution in [0.15, 0.2) is 30.3 Å². The molecule has 0 radical (unpaired) electrons. The molecule has 0 bridgehead atoms. The van der Waals surface area contributed by atoms with Gasteiger partial charge in [0.05, 0.1) is 13.2 Å². The minimum atomic E-state index is -0.427. The Hall–Kier alpha value is -1.43. The summed E-state index contributed by atoms with van der Waals surface area (Å²) in [6, 6.07) is 9.79. The summed E-state index contributed by atoms with van der Waals surface area (Å²) >= 11 is 0. The third-order valence-electron chi connectivity index (χ3n) is 3.44. The van der Waals surface area contributed by atoms with Crippen LogP contribution in [0.1, 0.15) is 5.56 Å². The van der Waals surface area contributed by atoms with E-state index in [0.29, 0.717) is 26.2 Å². The predicted octanol–water partition coefficient (Wildman–Crippen LogP) is 0.338. The third kappa shape index (κ3) is 4.03. The van der Waals surface area contributed by atoms with E-state index >= 15 is 0 Å². The van der Waals surface area contributed by atoms with Crippen molar-refractivity contribution < 1.29 is 14.6 Å². The van der Waals surface area contributed by atoms with Crippen LogP contribution in [0.5, 0.6) is 0 Å². The molecule has 1 aromatic rings. The van der Waals surface area contributed by atoms with Gasteiger partial charge < -0.3 is 19.6 Å². The Balaban J connectivity index is 2.01. The number of amides is 1. The van der Waals surface area contributed by atoms with E-state index in [0.717, 1.165) is 12.1 Å². The molecule has 0 saturated carbocycles. The van der Waals surface area contributed by atoms with Gasteiger partial charge in [0, 0.05) is 26.2 Å². The number of carbonyl (C=O) groups excluding carboxylic acids is 1. The highest BCUT2D eigenvalue weighted by Gasteiger charge is 2.28. The number of aliphatic hydroxyl groups excluding tert-OH is 1. The van der Waals surface area contributed by atoms with Crippen molar-refractivity contribution in [3.05, 3.63) is 35.9 Å². The molecule has 1 aliphatic heterocycles. The van der Waals surface area contributed by atoms with Crippen LogP contribution in [0.3, 0.4) is 0 Å². The summed E-state index contributed by atoms with van der Waals surface area (Å²) in [5, 5.41) is 9.17. The normalized spacial score (nSPS) is 19.8. The smallest absolute Gasteiger partial charge is 0.253 e. The van der Waals surface area contributed by atoms with Crippen LogP contribution < -0.4 is 0 Å². The second kappa shape index (κ2) is 7.38. The van der Waals surface area contributed by atoms with E-state index in [1.165, 1.54) is 0 Å².